The van der Waals surface area contributed by atoms with Crippen LogP contribution in [0, 0.1) is 0 Å². The highest BCUT2D eigenvalue weighted by Crippen LogP contribution is 2.38. The molecule has 0 bridgehead atoms. The van der Waals surface area contributed by atoms with E-state index in [2.05, 4.69) is 10.4 Å². The summed E-state index contributed by atoms with van der Waals surface area (Å²) in [4.78, 5) is 12.7. The number of halogens is 4. The number of anilines is 1. The molecule has 0 unspecified atom stereocenters. The van der Waals surface area contributed by atoms with Crippen molar-refractivity contribution in [1.82, 2.24) is 9.78 Å². The molecule has 182 valence electrons. The van der Waals surface area contributed by atoms with E-state index in [4.69, 9.17) is 16.3 Å². The number of alkyl halides is 3. The Kier molecular flexibility index (Phi) is 6.77. The van der Waals surface area contributed by atoms with Crippen molar-refractivity contribution < 1.29 is 22.7 Å². The van der Waals surface area contributed by atoms with Gasteiger partial charge in [-0.05, 0) is 52.3 Å². The molecule has 1 aromatic heterocycles. The molecule has 0 saturated carbocycles. The molecule has 0 fully saturated rings. The number of hydrogen-bond acceptors (Lipinski definition) is 3. The van der Waals surface area contributed by atoms with Crippen LogP contribution in [0.25, 0.3) is 5.69 Å². The summed E-state index contributed by atoms with van der Waals surface area (Å²) in [7, 11) is 0. The Morgan fingerprint density at radius 2 is 1.59 bits per heavy atom. The van der Waals surface area contributed by atoms with Crippen LogP contribution in [0.3, 0.4) is 0 Å². The number of carbonyl (C=O) groups is 1. The molecule has 3 rings (SSSR count). The summed E-state index contributed by atoms with van der Waals surface area (Å²) in [5, 5.41) is 6.79. The van der Waals surface area contributed by atoms with Crippen molar-refractivity contribution in [3.8, 4) is 11.4 Å². The fraction of sp³-hybridized carbons (Fsp3) is 0.360. The van der Waals surface area contributed by atoms with Crippen molar-refractivity contribution in [1.29, 1.82) is 0 Å². The van der Waals surface area contributed by atoms with E-state index in [0.717, 1.165) is 17.3 Å². The Morgan fingerprint density at radius 1 is 0.971 bits per heavy atom. The highest BCUT2D eigenvalue weighted by Gasteiger charge is 2.40. The van der Waals surface area contributed by atoms with E-state index in [-0.39, 0.29) is 16.5 Å². The maximum Gasteiger partial charge on any atom is 0.437 e. The van der Waals surface area contributed by atoms with Crippen LogP contribution in [0.15, 0.2) is 48.7 Å². The van der Waals surface area contributed by atoms with Crippen LogP contribution in [0.1, 0.15) is 58.4 Å². The number of rotatable bonds is 3. The smallest absolute Gasteiger partial charge is 0.406 e. The van der Waals surface area contributed by atoms with Crippen LogP contribution in [0.4, 0.5) is 23.7 Å². The van der Waals surface area contributed by atoms with Crippen LogP contribution in [0.5, 0.6) is 5.75 Å². The number of ether oxygens (including phenoxy) is 1. The predicted molar refractivity (Wildman–Crippen MR) is 127 cm³/mol. The van der Waals surface area contributed by atoms with Crippen molar-refractivity contribution >= 4 is 23.4 Å². The van der Waals surface area contributed by atoms with Gasteiger partial charge in [-0.3, -0.25) is 5.32 Å². The summed E-state index contributed by atoms with van der Waals surface area (Å²) in [5.74, 6) is -0.704. The summed E-state index contributed by atoms with van der Waals surface area (Å²) in [6, 6.07) is 11.4. The van der Waals surface area contributed by atoms with Crippen molar-refractivity contribution in [2.24, 2.45) is 0 Å². The second-order valence-electron chi connectivity index (χ2n) is 10.0. The molecule has 0 aliphatic heterocycles. The van der Waals surface area contributed by atoms with Crippen LogP contribution in [0.2, 0.25) is 5.02 Å². The zero-order valence-electron chi connectivity index (χ0n) is 19.8. The first kappa shape index (κ1) is 25.6. The molecule has 0 radical (unpaired) electrons. The Morgan fingerprint density at radius 3 is 2.12 bits per heavy atom. The number of carbonyl (C=O) groups excluding carboxylic acids is 1. The Labute approximate surface area is 201 Å². The molecule has 1 N–H and O–H groups in total. The lowest BCUT2D eigenvalue weighted by Gasteiger charge is -2.26. The van der Waals surface area contributed by atoms with E-state index in [1.165, 1.54) is 24.3 Å². The molecule has 1 amide bonds. The standard InChI is InChI=1S/C25H27ClF3N3O2/c1-23(2,3)15-7-12-18(24(4,5)6)19(13-15)31-22(33)34-20-14-30-32(21(20)25(27,28)29)17-10-8-16(26)9-11-17/h7-14H,1-6H3,(H,31,33). The third-order valence-electron chi connectivity index (χ3n) is 5.21. The minimum absolute atomic E-state index is 0.125. The average Bonchev–Trinajstić information content (AvgIpc) is 3.10. The maximum absolute atomic E-state index is 13.9. The molecule has 0 aliphatic carbocycles. The third kappa shape index (κ3) is 5.73. The average molecular weight is 494 g/mol. The Balaban J connectivity index is 1.96. The van der Waals surface area contributed by atoms with Gasteiger partial charge in [-0.15, -0.1) is 0 Å². The van der Waals surface area contributed by atoms with Crippen molar-refractivity contribution in [2.75, 3.05) is 5.32 Å². The van der Waals surface area contributed by atoms with E-state index >= 15 is 0 Å². The van der Waals surface area contributed by atoms with E-state index in [9.17, 15) is 18.0 Å². The molecule has 0 spiro atoms. The Hall–Kier alpha value is -3.00. The summed E-state index contributed by atoms with van der Waals surface area (Å²) < 4.78 is 47.5. The first-order valence-electron chi connectivity index (χ1n) is 10.6. The monoisotopic (exact) mass is 493 g/mol. The molecular weight excluding hydrogens is 467 g/mol. The van der Waals surface area contributed by atoms with E-state index in [0.29, 0.717) is 15.4 Å². The highest BCUT2D eigenvalue weighted by atomic mass is 35.5. The number of aromatic nitrogens is 2. The fourth-order valence-corrected chi connectivity index (χ4v) is 3.58. The molecular formula is C25H27ClF3N3O2. The third-order valence-corrected chi connectivity index (χ3v) is 5.46. The summed E-state index contributed by atoms with van der Waals surface area (Å²) in [6.45, 7) is 12.0. The van der Waals surface area contributed by atoms with E-state index in [1.807, 2.05) is 59.7 Å². The lowest BCUT2D eigenvalue weighted by Crippen LogP contribution is -2.23. The zero-order chi connectivity index (χ0) is 25.5. The van der Waals surface area contributed by atoms with Gasteiger partial charge in [-0.25, -0.2) is 9.48 Å². The van der Waals surface area contributed by atoms with Gasteiger partial charge in [-0.1, -0.05) is 65.3 Å². The van der Waals surface area contributed by atoms with Gasteiger partial charge in [-0.2, -0.15) is 18.3 Å². The molecule has 0 atom stereocenters. The second-order valence-corrected chi connectivity index (χ2v) is 10.5. The largest absolute Gasteiger partial charge is 0.437 e. The minimum atomic E-state index is -4.82. The van der Waals surface area contributed by atoms with Gasteiger partial charge in [0, 0.05) is 10.7 Å². The molecule has 9 heteroatoms. The summed E-state index contributed by atoms with van der Waals surface area (Å²) in [6.07, 6.45) is -5.00. The summed E-state index contributed by atoms with van der Waals surface area (Å²) >= 11 is 5.83. The normalized spacial score (nSPS) is 12.5. The van der Waals surface area contributed by atoms with Gasteiger partial charge >= 0.3 is 12.3 Å². The van der Waals surface area contributed by atoms with Crippen LogP contribution in [-0.2, 0) is 17.0 Å². The van der Waals surface area contributed by atoms with Gasteiger partial charge in [0.1, 0.15) is 0 Å². The minimum Gasteiger partial charge on any atom is -0.406 e. The molecule has 0 aliphatic rings. The molecule has 5 nitrogen and oxygen atoms in total. The summed E-state index contributed by atoms with van der Waals surface area (Å²) in [5.41, 5.74) is 0.663. The molecule has 0 saturated heterocycles. The fourth-order valence-electron chi connectivity index (χ4n) is 3.45. The topological polar surface area (TPSA) is 56.1 Å². The molecule has 1 heterocycles. The SMILES string of the molecule is CC(C)(C)c1ccc(C(C)(C)C)c(NC(=O)Oc2cnn(-c3ccc(Cl)cc3)c2C(F)(F)F)c1. The van der Waals surface area contributed by atoms with Crippen LogP contribution in [-0.4, -0.2) is 15.9 Å². The van der Waals surface area contributed by atoms with E-state index < -0.39 is 23.7 Å². The predicted octanol–water partition coefficient (Wildman–Crippen LogP) is 7.75. The molecule has 2 aromatic carbocycles. The second kappa shape index (κ2) is 8.98. The maximum atomic E-state index is 13.9. The van der Waals surface area contributed by atoms with Gasteiger partial charge in [0.15, 0.2) is 11.4 Å². The first-order chi connectivity index (χ1) is 15.6. The quantitative estimate of drug-likeness (QED) is 0.405. The molecule has 3 aromatic rings. The van der Waals surface area contributed by atoms with Gasteiger partial charge in [0.05, 0.1) is 11.9 Å². The Bertz CT molecular complexity index is 1190. The highest BCUT2D eigenvalue weighted by molar-refractivity contribution is 6.30. The number of amides is 1. The van der Waals surface area contributed by atoms with Crippen molar-refractivity contribution in [3.05, 3.63) is 70.5 Å². The lowest BCUT2D eigenvalue weighted by atomic mass is 9.81. The zero-order valence-corrected chi connectivity index (χ0v) is 20.6. The van der Waals surface area contributed by atoms with Gasteiger partial charge < -0.3 is 4.74 Å². The van der Waals surface area contributed by atoms with Crippen molar-refractivity contribution in [3.63, 3.8) is 0 Å². The van der Waals surface area contributed by atoms with Crippen LogP contribution < -0.4 is 10.1 Å². The van der Waals surface area contributed by atoms with Crippen LogP contribution >= 0.6 is 11.6 Å². The number of hydrogen-bond donors (Lipinski definition) is 1. The number of nitrogens with zero attached hydrogens (tertiary/aromatic N) is 2. The van der Waals surface area contributed by atoms with Gasteiger partial charge in [0.25, 0.3) is 0 Å². The number of benzene rings is 2. The molecule has 34 heavy (non-hydrogen) atoms. The number of nitrogens with one attached hydrogen (secondary N) is 1. The lowest BCUT2D eigenvalue weighted by molar-refractivity contribution is -0.143. The van der Waals surface area contributed by atoms with Crippen molar-refractivity contribution in [2.45, 2.75) is 58.5 Å². The first-order valence-corrected chi connectivity index (χ1v) is 11.0. The van der Waals surface area contributed by atoms with E-state index in [1.54, 1.807) is 0 Å². The van der Waals surface area contributed by atoms with Gasteiger partial charge in [0.2, 0.25) is 0 Å².